The summed E-state index contributed by atoms with van der Waals surface area (Å²) in [5.74, 6) is 0.641. The molecule has 0 aromatic heterocycles. The number of rotatable bonds is 5. The van der Waals surface area contributed by atoms with E-state index in [1.54, 1.807) is 0 Å². The number of nitrogens with zero attached hydrogens (tertiary/aromatic N) is 2. The van der Waals surface area contributed by atoms with Gasteiger partial charge in [0, 0.05) is 37.4 Å². The van der Waals surface area contributed by atoms with Gasteiger partial charge in [0.2, 0.25) is 0 Å². The summed E-state index contributed by atoms with van der Waals surface area (Å²) in [6.07, 6.45) is 5.86. The third kappa shape index (κ3) is 4.39. The fraction of sp³-hybridized carbons (Fsp3) is 0.458. The highest BCUT2D eigenvalue weighted by Crippen LogP contribution is 2.25. The predicted octanol–water partition coefficient (Wildman–Crippen LogP) is 3.87. The van der Waals surface area contributed by atoms with Crippen LogP contribution < -0.4 is 4.90 Å². The van der Waals surface area contributed by atoms with E-state index in [2.05, 4.69) is 29.2 Å². The topological polar surface area (TPSA) is 43.8 Å². The van der Waals surface area contributed by atoms with Crippen molar-refractivity contribution in [3.63, 3.8) is 0 Å². The first-order valence-corrected chi connectivity index (χ1v) is 10.6. The van der Waals surface area contributed by atoms with E-state index in [4.69, 9.17) is 0 Å². The Morgan fingerprint density at radius 3 is 2.46 bits per heavy atom. The molecule has 2 aliphatic heterocycles. The molecular weight excluding hydrogens is 348 g/mol. The normalized spacial score (nSPS) is 19.8. The largest absolute Gasteiger partial charge is 0.392 e. The van der Waals surface area contributed by atoms with E-state index in [1.807, 2.05) is 29.2 Å². The minimum absolute atomic E-state index is 0.0799. The van der Waals surface area contributed by atoms with Crippen LogP contribution in [0.4, 0.5) is 5.69 Å². The summed E-state index contributed by atoms with van der Waals surface area (Å²) >= 11 is 0. The third-order valence-corrected chi connectivity index (χ3v) is 6.11. The van der Waals surface area contributed by atoms with Gasteiger partial charge in [-0.2, -0.15) is 0 Å². The lowest BCUT2D eigenvalue weighted by molar-refractivity contribution is 0.0787. The lowest BCUT2D eigenvalue weighted by Crippen LogP contribution is -2.30. The van der Waals surface area contributed by atoms with E-state index in [-0.39, 0.29) is 12.5 Å². The Balaban J connectivity index is 1.35. The van der Waals surface area contributed by atoms with Crippen molar-refractivity contribution in [2.45, 2.75) is 38.7 Å². The van der Waals surface area contributed by atoms with E-state index in [0.29, 0.717) is 5.92 Å². The molecule has 2 saturated heterocycles. The number of benzene rings is 2. The Bertz CT molecular complexity index is 797. The Morgan fingerprint density at radius 2 is 1.71 bits per heavy atom. The van der Waals surface area contributed by atoms with Gasteiger partial charge in [0.15, 0.2) is 0 Å². The minimum atomic E-state index is 0.0799. The van der Waals surface area contributed by atoms with Crippen molar-refractivity contribution in [2.75, 3.05) is 31.1 Å². The quantitative estimate of drug-likeness (QED) is 0.859. The molecule has 0 radical (unpaired) electrons. The van der Waals surface area contributed by atoms with Crippen LogP contribution in [0.15, 0.2) is 48.5 Å². The molecule has 28 heavy (non-hydrogen) atoms. The van der Waals surface area contributed by atoms with Crippen LogP contribution in [0.25, 0.3) is 0 Å². The molecule has 2 aromatic rings. The van der Waals surface area contributed by atoms with Gasteiger partial charge in [0.1, 0.15) is 0 Å². The average Bonchev–Trinajstić information content (AvgIpc) is 3.22. The molecule has 4 nitrogen and oxygen atoms in total. The fourth-order valence-corrected chi connectivity index (χ4v) is 4.52. The Morgan fingerprint density at radius 1 is 0.964 bits per heavy atom. The number of piperidine rings is 1. The highest BCUT2D eigenvalue weighted by atomic mass is 16.3. The number of carbonyl (C=O) groups excluding carboxylic acids is 1. The van der Waals surface area contributed by atoms with Gasteiger partial charge in [-0.1, -0.05) is 24.3 Å². The summed E-state index contributed by atoms with van der Waals surface area (Å²) in [7, 11) is 0. The summed E-state index contributed by atoms with van der Waals surface area (Å²) < 4.78 is 0. The molecule has 0 bridgehead atoms. The van der Waals surface area contributed by atoms with Crippen LogP contribution in [0.1, 0.15) is 47.2 Å². The molecule has 2 aromatic carbocycles. The molecule has 4 rings (SSSR count). The maximum atomic E-state index is 12.9. The zero-order valence-electron chi connectivity index (χ0n) is 16.5. The standard InChI is InChI=1S/C24H30N2O2/c27-18-21-6-4-5-19(16-21)15-20-11-14-26(17-20)24(28)22-7-9-23(10-8-22)25-12-2-1-3-13-25/h4-10,16,20,27H,1-3,11-15,17-18H2/t20-/m0/s1. The second kappa shape index (κ2) is 8.78. The van der Waals surface area contributed by atoms with Crippen LogP contribution in [0.2, 0.25) is 0 Å². The van der Waals surface area contributed by atoms with Gasteiger partial charge in [-0.3, -0.25) is 4.79 Å². The predicted molar refractivity (Wildman–Crippen MR) is 113 cm³/mol. The minimum Gasteiger partial charge on any atom is -0.392 e. The van der Waals surface area contributed by atoms with Gasteiger partial charge < -0.3 is 14.9 Å². The van der Waals surface area contributed by atoms with Gasteiger partial charge in [-0.15, -0.1) is 0 Å². The van der Waals surface area contributed by atoms with Crippen molar-refractivity contribution in [3.8, 4) is 0 Å². The molecule has 0 saturated carbocycles. The molecular formula is C24H30N2O2. The average molecular weight is 379 g/mol. The van der Waals surface area contributed by atoms with Gasteiger partial charge in [0.25, 0.3) is 5.91 Å². The highest BCUT2D eigenvalue weighted by Gasteiger charge is 2.27. The maximum absolute atomic E-state index is 12.9. The first kappa shape index (κ1) is 19.0. The van der Waals surface area contributed by atoms with E-state index >= 15 is 0 Å². The lowest BCUT2D eigenvalue weighted by Gasteiger charge is -2.29. The number of amides is 1. The van der Waals surface area contributed by atoms with Gasteiger partial charge in [0.05, 0.1) is 6.61 Å². The molecule has 0 aliphatic carbocycles. The second-order valence-corrected chi connectivity index (χ2v) is 8.18. The Hall–Kier alpha value is -2.33. The van der Waals surface area contributed by atoms with Crippen molar-refractivity contribution in [1.29, 1.82) is 0 Å². The highest BCUT2D eigenvalue weighted by molar-refractivity contribution is 5.94. The molecule has 4 heteroatoms. The lowest BCUT2D eigenvalue weighted by atomic mass is 9.97. The number of aliphatic hydroxyl groups excluding tert-OH is 1. The number of likely N-dealkylation sites (tertiary alicyclic amines) is 1. The first-order valence-electron chi connectivity index (χ1n) is 10.6. The third-order valence-electron chi connectivity index (χ3n) is 6.11. The number of hydrogen-bond donors (Lipinski definition) is 1. The summed E-state index contributed by atoms with van der Waals surface area (Å²) in [5, 5.41) is 9.31. The zero-order valence-corrected chi connectivity index (χ0v) is 16.5. The van der Waals surface area contributed by atoms with Crippen LogP contribution in [-0.4, -0.2) is 42.1 Å². The van der Waals surface area contributed by atoms with Crippen molar-refractivity contribution in [1.82, 2.24) is 4.90 Å². The van der Waals surface area contributed by atoms with Gasteiger partial charge in [-0.05, 0) is 73.4 Å². The first-order chi connectivity index (χ1) is 13.7. The molecule has 0 spiro atoms. The van der Waals surface area contributed by atoms with E-state index in [9.17, 15) is 9.90 Å². The van der Waals surface area contributed by atoms with Crippen molar-refractivity contribution in [2.24, 2.45) is 5.92 Å². The van der Waals surface area contributed by atoms with Crippen LogP contribution in [0.3, 0.4) is 0 Å². The summed E-state index contributed by atoms with van der Waals surface area (Å²) in [6, 6.07) is 16.3. The van der Waals surface area contributed by atoms with Crippen molar-refractivity contribution < 1.29 is 9.90 Å². The molecule has 1 N–H and O–H groups in total. The second-order valence-electron chi connectivity index (χ2n) is 8.18. The Kier molecular flexibility index (Phi) is 5.96. The summed E-state index contributed by atoms with van der Waals surface area (Å²) in [6.45, 7) is 3.97. The molecule has 1 atom stereocenters. The number of carbonyl (C=O) groups is 1. The van der Waals surface area contributed by atoms with Crippen LogP contribution in [0, 0.1) is 5.92 Å². The Labute approximate surface area is 167 Å². The van der Waals surface area contributed by atoms with E-state index < -0.39 is 0 Å². The summed E-state index contributed by atoms with van der Waals surface area (Å²) in [4.78, 5) is 17.3. The van der Waals surface area contributed by atoms with Crippen LogP contribution in [-0.2, 0) is 13.0 Å². The molecule has 2 fully saturated rings. The number of aliphatic hydroxyl groups is 1. The van der Waals surface area contributed by atoms with Crippen molar-refractivity contribution >= 4 is 11.6 Å². The van der Waals surface area contributed by atoms with E-state index in [0.717, 1.165) is 50.1 Å². The summed E-state index contributed by atoms with van der Waals surface area (Å²) in [5.41, 5.74) is 4.23. The monoisotopic (exact) mass is 378 g/mol. The van der Waals surface area contributed by atoms with Crippen molar-refractivity contribution in [3.05, 3.63) is 65.2 Å². The van der Waals surface area contributed by atoms with Crippen LogP contribution in [0.5, 0.6) is 0 Å². The number of hydrogen-bond acceptors (Lipinski definition) is 3. The molecule has 1 amide bonds. The maximum Gasteiger partial charge on any atom is 0.253 e. The molecule has 2 aliphatic rings. The smallest absolute Gasteiger partial charge is 0.253 e. The SMILES string of the molecule is O=C(c1ccc(N2CCCCC2)cc1)N1CC[C@@H](Cc2cccc(CO)c2)C1. The molecule has 2 heterocycles. The fourth-order valence-electron chi connectivity index (χ4n) is 4.52. The van der Waals surface area contributed by atoms with Gasteiger partial charge in [-0.25, -0.2) is 0 Å². The zero-order chi connectivity index (χ0) is 19.3. The van der Waals surface area contributed by atoms with Gasteiger partial charge >= 0.3 is 0 Å². The number of anilines is 1. The molecule has 0 unspecified atom stereocenters. The molecule has 148 valence electrons. The van der Waals surface area contributed by atoms with Crippen LogP contribution >= 0.6 is 0 Å². The van der Waals surface area contributed by atoms with E-state index in [1.165, 1.54) is 30.5 Å².